The van der Waals surface area contributed by atoms with E-state index in [0.717, 1.165) is 22.0 Å². The molecule has 116 valence electrons. The number of amides is 2. The molecule has 2 amide bonds. The maximum absolute atomic E-state index is 12.2. The summed E-state index contributed by atoms with van der Waals surface area (Å²) in [6.07, 6.45) is 3.51. The maximum Gasteiger partial charge on any atom is 0.319 e. The van der Waals surface area contributed by atoms with E-state index in [4.69, 9.17) is 0 Å². The van der Waals surface area contributed by atoms with E-state index in [1.54, 1.807) is 12.4 Å². The van der Waals surface area contributed by atoms with Crippen molar-refractivity contribution in [1.82, 2.24) is 10.3 Å². The molecule has 4 heteroatoms. The molecule has 0 aliphatic rings. The van der Waals surface area contributed by atoms with Gasteiger partial charge in [0.1, 0.15) is 0 Å². The Balaban J connectivity index is 1.69. The second-order valence-corrected chi connectivity index (χ2v) is 5.64. The van der Waals surface area contributed by atoms with Crippen LogP contribution in [0.4, 0.5) is 10.5 Å². The number of carbonyl (C=O) groups is 1. The number of aromatic nitrogens is 1. The number of fused-ring (bicyclic) bond motifs is 1. The van der Waals surface area contributed by atoms with Crippen LogP contribution in [-0.2, 0) is 6.54 Å². The zero-order valence-corrected chi connectivity index (χ0v) is 13.3. The van der Waals surface area contributed by atoms with Crippen LogP contribution in [0.2, 0.25) is 0 Å². The summed E-state index contributed by atoms with van der Waals surface area (Å²) in [6, 6.07) is 13.7. The highest BCUT2D eigenvalue weighted by atomic mass is 16.2. The number of benzene rings is 2. The molecule has 0 atom stereocenters. The minimum absolute atomic E-state index is 0.214. The van der Waals surface area contributed by atoms with Crippen LogP contribution < -0.4 is 10.6 Å². The van der Waals surface area contributed by atoms with Gasteiger partial charge >= 0.3 is 6.03 Å². The van der Waals surface area contributed by atoms with Crippen LogP contribution in [0.5, 0.6) is 0 Å². The van der Waals surface area contributed by atoms with Crippen LogP contribution in [-0.4, -0.2) is 11.0 Å². The summed E-state index contributed by atoms with van der Waals surface area (Å²) >= 11 is 0. The Hall–Kier alpha value is -2.88. The third-order valence-corrected chi connectivity index (χ3v) is 3.87. The number of hydrogen-bond acceptors (Lipinski definition) is 2. The summed E-state index contributed by atoms with van der Waals surface area (Å²) in [7, 11) is 0. The van der Waals surface area contributed by atoms with Gasteiger partial charge in [-0.2, -0.15) is 0 Å². The SMILES string of the molecule is Cc1ccc(CNC(=O)Nc2cccc3cnccc23)c(C)c1. The number of urea groups is 1. The van der Waals surface area contributed by atoms with Crippen molar-refractivity contribution in [3.05, 3.63) is 71.5 Å². The largest absolute Gasteiger partial charge is 0.334 e. The number of nitrogens with zero attached hydrogens (tertiary/aromatic N) is 1. The topological polar surface area (TPSA) is 54.0 Å². The van der Waals surface area contributed by atoms with Crippen molar-refractivity contribution in [2.75, 3.05) is 5.32 Å². The molecular formula is C19H19N3O. The van der Waals surface area contributed by atoms with Gasteiger partial charge in [-0.25, -0.2) is 4.79 Å². The van der Waals surface area contributed by atoms with Crippen LogP contribution in [0.3, 0.4) is 0 Å². The smallest absolute Gasteiger partial charge is 0.319 e. The quantitative estimate of drug-likeness (QED) is 0.763. The highest BCUT2D eigenvalue weighted by Gasteiger charge is 2.06. The fourth-order valence-corrected chi connectivity index (χ4v) is 2.62. The molecule has 0 aliphatic carbocycles. The highest BCUT2D eigenvalue weighted by molar-refractivity contribution is 6.01. The van der Waals surface area contributed by atoms with Gasteiger partial charge in [0.2, 0.25) is 0 Å². The van der Waals surface area contributed by atoms with Gasteiger partial charge in [-0.3, -0.25) is 4.98 Å². The molecule has 0 bridgehead atoms. The summed E-state index contributed by atoms with van der Waals surface area (Å²) in [4.78, 5) is 16.3. The Kier molecular flexibility index (Phi) is 4.24. The molecule has 23 heavy (non-hydrogen) atoms. The Labute approximate surface area is 135 Å². The van der Waals surface area contributed by atoms with Gasteiger partial charge < -0.3 is 10.6 Å². The summed E-state index contributed by atoms with van der Waals surface area (Å²) in [5.41, 5.74) is 4.30. The van der Waals surface area contributed by atoms with Crippen LogP contribution in [0.15, 0.2) is 54.9 Å². The lowest BCUT2D eigenvalue weighted by molar-refractivity contribution is 0.252. The van der Waals surface area contributed by atoms with Crippen LogP contribution >= 0.6 is 0 Å². The van der Waals surface area contributed by atoms with Crippen molar-refractivity contribution in [2.24, 2.45) is 0 Å². The molecule has 0 unspecified atom stereocenters. The lowest BCUT2D eigenvalue weighted by Crippen LogP contribution is -2.28. The third kappa shape index (κ3) is 3.48. The van der Waals surface area contributed by atoms with E-state index in [-0.39, 0.29) is 6.03 Å². The van der Waals surface area contributed by atoms with Gasteiger partial charge in [-0.1, -0.05) is 35.9 Å². The summed E-state index contributed by atoms with van der Waals surface area (Å²) in [5.74, 6) is 0. The van der Waals surface area contributed by atoms with Crippen LogP contribution in [0.25, 0.3) is 10.8 Å². The molecule has 0 radical (unpaired) electrons. The average molecular weight is 305 g/mol. The molecule has 1 heterocycles. The van der Waals surface area contributed by atoms with Gasteiger partial charge in [0.05, 0.1) is 5.69 Å². The van der Waals surface area contributed by atoms with E-state index in [2.05, 4.69) is 47.7 Å². The van der Waals surface area contributed by atoms with Crippen LogP contribution in [0.1, 0.15) is 16.7 Å². The number of hydrogen-bond donors (Lipinski definition) is 2. The molecule has 4 nitrogen and oxygen atoms in total. The van der Waals surface area contributed by atoms with Gasteiger partial charge in [0.25, 0.3) is 0 Å². The summed E-state index contributed by atoms with van der Waals surface area (Å²) in [5, 5.41) is 7.79. The van der Waals surface area contributed by atoms with Crippen molar-refractivity contribution in [1.29, 1.82) is 0 Å². The Morgan fingerprint density at radius 1 is 1.13 bits per heavy atom. The Bertz CT molecular complexity index is 853. The Morgan fingerprint density at radius 3 is 2.83 bits per heavy atom. The first-order valence-electron chi connectivity index (χ1n) is 7.57. The molecule has 0 saturated carbocycles. The molecule has 2 N–H and O–H groups in total. The van der Waals surface area contributed by atoms with Crippen LogP contribution in [0, 0.1) is 13.8 Å². The maximum atomic E-state index is 12.2. The fourth-order valence-electron chi connectivity index (χ4n) is 2.62. The molecule has 1 aromatic heterocycles. The number of nitrogens with one attached hydrogen (secondary N) is 2. The minimum atomic E-state index is -0.214. The van der Waals surface area contributed by atoms with Crippen molar-refractivity contribution >= 4 is 22.5 Å². The van der Waals surface area contributed by atoms with E-state index >= 15 is 0 Å². The number of anilines is 1. The number of pyridine rings is 1. The van der Waals surface area contributed by atoms with E-state index in [0.29, 0.717) is 6.54 Å². The van der Waals surface area contributed by atoms with E-state index in [1.165, 1.54) is 11.1 Å². The molecule has 2 aromatic carbocycles. The molecular weight excluding hydrogens is 286 g/mol. The standard InChI is InChI=1S/C19H19N3O/c1-13-6-7-15(14(2)10-13)12-21-19(23)22-18-5-3-4-16-11-20-9-8-17(16)18/h3-11H,12H2,1-2H3,(H2,21,22,23). The highest BCUT2D eigenvalue weighted by Crippen LogP contribution is 2.22. The zero-order valence-electron chi connectivity index (χ0n) is 13.3. The molecule has 0 spiro atoms. The first-order valence-corrected chi connectivity index (χ1v) is 7.57. The second kappa shape index (κ2) is 6.48. The van der Waals surface area contributed by atoms with Gasteiger partial charge in [-0.05, 0) is 37.1 Å². The lowest BCUT2D eigenvalue weighted by atomic mass is 10.1. The monoisotopic (exact) mass is 305 g/mol. The molecule has 0 aliphatic heterocycles. The number of carbonyl (C=O) groups excluding carboxylic acids is 1. The van der Waals surface area contributed by atoms with Gasteiger partial charge in [0.15, 0.2) is 0 Å². The van der Waals surface area contributed by atoms with Crippen molar-refractivity contribution in [2.45, 2.75) is 20.4 Å². The normalized spacial score (nSPS) is 10.5. The fraction of sp³-hybridized carbons (Fsp3) is 0.158. The molecule has 0 fully saturated rings. The first kappa shape index (κ1) is 15.0. The van der Waals surface area contributed by atoms with E-state index in [1.807, 2.05) is 24.3 Å². The third-order valence-electron chi connectivity index (χ3n) is 3.87. The average Bonchev–Trinajstić information content (AvgIpc) is 2.54. The molecule has 3 rings (SSSR count). The lowest BCUT2D eigenvalue weighted by Gasteiger charge is -2.11. The van der Waals surface area contributed by atoms with Crippen molar-refractivity contribution in [3.8, 4) is 0 Å². The number of rotatable bonds is 3. The van der Waals surface area contributed by atoms with Crippen molar-refractivity contribution < 1.29 is 4.79 Å². The second-order valence-electron chi connectivity index (χ2n) is 5.64. The van der Waals surface area contributed by atoms with E-state index in [9.17, 15) is 4.79 Å². The Morgan fingerprint density at radius 2 is 2.00 bits per heavy atom. The summed E-state index contributed by atoms with van der Waals surface area (Å²) in [6.45, 7) is 4.62. The van der Waals surface area contributed by atoms with Gasteiger partial charge in [-0.15, -0.1) is 0 Å². The zero-order chi connectivity index (χ0) is 16.2. The number of aryl methyl sites for hydroxylation is 2. The predicted octanol–water partition coefficient (Wildman–Crippen LogP) is 4.17. The van der Waals surface area contributed by atoms with E-state index < -0.39 is 0 Å². The predicted molar refractivity (Wildman–Crippen MR) is 93.5 cm³/mol. The van der Waals surface area contributed by atoms with Gasteiger partial charge in [0, 0.05) is 29.7 Å². The first-order chi connectivity index (χ1) is 11.1. The molecule has 3 aromatic rings. The summed E-state index contributed by atoms with van der Waals surface area (Å²) < 4.78 is 0. The minimum Gasteiger partial charge on any atom is -0.334 e. The molecule has 0 saturated heterocycles. The van der Waals surface area contributed by atoms with Crippen molar-refractivity contribution in [3.63, 3.8) is 0 Å².